The number of hydrogen-bond donors (Lipinski definition) is 17. The maximum atomic E-state index is 15.4. The highest BCUT2D eigenvalue weighted by atomic mass is 35.5. The van der Waals surface area contributed by atoms with Crippen LogP contribution in [0.15, 0.2) is 97.2 Å². The van der Waals surface area contributed by atoms with Gasteiger partial charge in [-0.2, -0.15) is 0 Å². The highest BCUT2D eigenvalue weighted by Gasteiger charge is 2.42. The number of rotatable bonds is 14. The van der Waals surface area contributed by atoms with Crippen molar-refractivity contribution in [3.05, 3.63) is 119 Å². The number of benzene rings is 4. The molecule has 33 heteroatoms. The maximum absolute atomic E-state index is 15.4. The molecule has 4 heterocycles. The monoisotopic (exact) mass is 1440 g/mol. The summed E-state index contributed by atoms with van der Waals surface area (Å²) in [6.45, 7) is 3.14. The van der Waals surface area contributed by atoms with Crippen molar-refractivity contribution in [2.75, 3.05) is 32.7 Å². The number of para-hydroxylation sites is 1. The fourth-order valence-corrected chi connectivity index (χ4v) is 12.5. The molecule has 8 rings (SSSR count). The Morgan fingerprint density at radius 1 is 0.621 bits per heavy atom. The second-order valence-electron chi connectivity index (χ2n) is 26.1. The fraction of sp³-hybridized carbons (Fsp3) is 0.443. The third-order valence-corrected chi connectivity index (χ3v) is 17.9. The van der Waals surface area contributed by atoms with E-state index in [4.69, 9.17) is 22.7 Å². The summed E-state index contributed by atoms with van der Waals surface area (Å²) in [6.07, 6.45) is -1.58. The minimum absolute atomic E-state index is 0.0127. The number of nitrogens with zero attached hydrogens (tertiary/aromatic N) is 1. The predicted octanol–water partition coefficient (Wildman–Crippen LogP) is -1.29. The zero-order valence-electron chi connectivity index (χ0n) is 57.2. The smallest absolute Gasteiger partial charge is 0.328 e. The van der Waals surface area contributed by atoms with Crippen LogP contribution in [0, 0.1) is 11.3 Å². The van der Waals surface area contributed by atoms with Crippen LogP contribution < -0.4 is 74.9 Å². The summed E-state index contributed by atoms with van der Waals surface area (Å²) in [5.74, 6) is -14.6. The number of nitrogens with one attached hydrogen (secondary N) is 15. The van der Waals surface area contributed by atoms with Gasteiger partial charge in [0.2, 0.25) is 76.8 Å². The minimum atomic E-state index is -2.06. The second-order valence-corrected chi connectivity index (χ2v) is 26.5. The van der Waals surface area contributed by atoms with Gasteiger partial charge in [0, 0.05) is 87.5 Å². The zero-order valence-corrected chi connectivity index (χ0v) is 57.9. The average molecular weight is 1440 g/mol. The molecule has 5 aromatic rings. The molecule has 2 bridgehead atoms. The number of hydrogen-bond acceptors (Lipinski definition) is 15. The molecule has 3 fully saturated rings. The van der Waals surface area contributed by atoms with Crippen LogP contribution in [0.25, 0.3) is 21.7 Å². The molecule has 13 amide bonds. The van der Waals surface area contributed by atoms with Gasteiger partial charge < -0.3 is 89.8 Å². The van der Waals surface area contributed by atoms with Gasteiger partial charge in [0.15, 0.2) is 5.96 Å². The lowest BCUT2D eigenvalue weighted by atomic mass is 9.98. The summed E-state index contributed by atoms with van der Waals surface area (Å²) < 4.78 is 0. The first-order valence-electron chi connectivity index (χ1n) is 34.1. The number of carboxylic acids is 1. The number of nitrogens with two attached hydrogens (primary N) is 1. The maximum Gasteiger partial charge on any atom is 0.328 e. The van der Waals surface area contributed by atoms with E-state index in [0.29, 0.717) is 32.6 Å². The first-order valence-corrected chi connectivity index (χ1v) is 34.4. The highest BCUT2D eigenvalue weighted by Crippen LogP contribution is 2.24. The van der Waals surface area contributed by atoms with E-state index in [-0.39, 0.29) is 82.9 Å². The van der Waals surface area contributed by atoms with Crippen molar-refractivity contribution in [3.63, 3.8) is 0 Å². The summed E-state index contributed by atoms with van der Waals surface area (Å²) in [6, 6.07) is 9.41. The summed E-state index contributed by atoms with van der Waals surface area (Å²) in [7, 11) is 0. The molecular weight excluding hydrogens is 1350 g/mol. The number of aromatic nitrogens is 1. The third-order valence-electron chi connectivity index (χ3n) is 17.7. The molecule has 0 unspecified atom stereocenters. The first-order chi connectivity index (χ1) is 49.2. The molecule has 0 saturated carbocycles. The van der Waals surface area contributed by atoms with Crippen LogP contribution in [0.3, 0.4) is 0 Å². The Labute approximate surface area is 597 Å². The lowest BCUT2D eigenvalue weighted by molar-refractivity contribution is -0.145. The van der Waals surface area contributed by atoms with Gasteiger partial charge in [-0.3, -0.25) is 67.7 Å². The van der Waals surface area contributed by atoms with Crippen molar-refractivity contribution in [3.8, 4) is 0 Å². The van der Waals surface area contributed by atoms with Crippen molar-refractivity contribution in [2.45, 2.75) is 158 Å². The third kappa shape index (κ3) is 22.9. The van der Waals surface area contributed by atoms with Crippen molar-refractivity contribution in [1.82, 2.24) is 79.0 Å². The van der Waals surface area contributed by atoms with Crippen molar-refractivity contribution in [2.24, 2.45) is 11.7 Å². The number of carbonyl (C=O) groups excluding carboxylic acids is 13. The largest absolute Gasteiger partial charge is 0.480 e. The van der Waals surface area contributed by atoms with Gasteiger partial charge in [0.25, 0.3) is 0 Å². The molecule has 3 aliphatic rings. The Hall–Kier alpha value is -11.2. The first kappa shape index (κ1) is 77.6. The molecule has 0 radical (unpaired) electrons. The molecule has 18 N–H and O–H groups in total. The summed E-state index contributed by atoms with van der Waals surface area (Å²) in [5.41, 5.74) is 7.55. The van der Waals surface area contributed by atoms with Gasteiger partial charge in [-0.25, -0.2) is 4.79 Å². The van der Waals surface area contributed by atoms with Gasteiger partial charge >= 0.3 is 5.97 Å². The summed E-state index contributed by atoms with van der Waals surface area (Å²) in [4.78, 5) is 206. The number of aromatic amines is 1. The topological polar surface area (TPSA) is 484 Å². The van der Waals surface area contributed by atoms with Crippen molar-refractivity contribution >= 4 is 122 Å². The van der Waals surface area contributed by atoms with E-state index in [0.717, 1.165) is 17.7 Å². The van der Waals surface area contributed by atoms with Crippen LogP contribution in [0.5, 0.6) is 0 Å². The number of H-pyrrole nitrogens is 1. The van der Waals surface area contributed by atoms with E-state index >= 15 is 24.0 Å². The number of halogens is 1. The van der Waals surface area contributed by atoms with Crippen LogP contribution >= 0.6 is 11.6 Å². The van der Waals surface area contributed by atoms with Crippen LogP contribution in [-0.4, -0.2) is 197 Å². The van der Waals surface area contributed by atoms with Crippen LogP contribution in [-0.2, 0) is 86.4 Å². The average Bonchev–Trinajstić information content (AvgIpc) is 1.78. The summed E-state index contributed by atoms with van der Waals surface area (Å²) in [5, 5.41) is 54.5. The Bertz CT molecular complexity index is 4000. The van der Waals surface area contributed by atoms with Gasteiger partial charge in [-0.15, -0.1) is 0 Å². The van der Waals surface area contributed by atoms with E-state index < -0.39 is 182 Å². The van der Waals surface area contributed by atoms with E-state index in [1.807, 2.05) is 18.2 Å². The number of carbonyl (C=O) groups is 14. The lowest BCUT2D eigenvalue weighted by Crippen LogP contribution is -2.61. The molecule has 3 aliphatic heterocycles. The molecule has 32 nitrogen and oxygen atoms in total. The normalized spacial score (nSPS) is 24.0. The molecule has 3 saturated heterocycles. The van der Waals surface area contributed by atoms with Gasteiger partial charge in [0.05, 0.1) is 12.8 Å². The standard InChI is InChI=1S/C70H88ClN17O15/c1-37(2)28-49-61(94)81-48(14-8-24-76-70(72)73)68(101)88-27-9-15-56(88)67(100)87-55(69(102)103)36-78-59(92)34-54-66(99)80-47(60(93)83-51(63(96)82-49)31-40-16-19-41-10-4-5-11-42(41)29-40)22-25-74-57(90)23-26-75-58(91)33-53(79-38(3)89)65(98)84-50(30-39-17-20-44(71)21-18-39)62(95)85-52(64(97)86-54)32-43-35-77-46-13-7-6-12-45(43)46/h4-7,10-13,16-21,29,35,37,47-56,77H,8-9,14-15,22-28,30-34,36H2,1-3H3,(H,74,90)(H,75,91)(H,78,92)(H,79,89)(H,80,99)(H,81,94)(H,82,96)(H,83,93)(H,84,98)(H,85,95)(H,86,97)(H,87,100)(H,102,103)(H4,72,73,76)/t47-,48-,49-,50+,51+,52+,53-,54-,55-,56-/m0/s1. The Morgan fingerprint density at radius 3 is 1.92 bits per heavy atom. The fourth-order valence-electron chi connectivity index (χ4n) is 12.4. The molecular formula is C70H88ClN17O15. The number of aliphatic carboxylic acids is 1. The van der Waals surface area contributed by atoms with Crippen LogP contribution in [0.4, 0.5) is 0 Å². The second kappa shape index (κ2) is 36.9. The van der Waals surface area contributed by atoms with Crippen molar-refractivity contribution < 1.29 is 72.2 Å². The molecule has 10 atom stereocenters. The minimum Gasteiger partial charge on any atom is -0.480 e. The van der Waals surface area contributed by atoms with E-state index in [2.05, 4.69) is 74.1 Å². The zero-order chi connectivity index (χ0) is 74.4. The molecule has 103 heavy (non-hydrogen) atoms. The number of amides is 13. The molecule has 0 spiro atoms. The number of carboxylic acid groups (broad SMARTS) is 1. The quantitative estimate of drug-likeness (QED) is 0.0349. The van der Waals surface area contributed by atoms with E-state index in [9.17, 15) is 48.3 Å². The van der Waals surface area contributed by atoms with Gasteiger partial charge in [0.1, 0.15) is 60.4 Å². The van der Waals surface area contributed by atoms with Gasteiger partial charge in [-0.05, 0) is 90.1 Å². The number of fused-ring (bicyclic) bond motifs is 6. The predicted molar refractivity (Wildman–Crippen MR) is 376 cm³/mol. The van der Waals surface area contributed by atoms with E-state index in [1.165, 1.54) is 17.0 Å². The summed E-state index contributed by atoms with van der Waals surface area (Å²) >= 11 is 6.23. The van der Waals surface area contributed by atoms with Crippen molar-refractivity contribution in [1.29, 1.82) is 5.41 Å². The molecule has 550 valence electrons. The Morgan fingerprint density at radius 2 is 1.21 bits per heavy atom. The Kier molecular flexibility index (Phi) is 27.8. The number of guanidine groups is 1. The molecule has 4 aromatic carbocycles. The van der Waals surface area contributed by atoms with Crippen LogP contribution in [0.1, 0.15) is 95.2 Å². The highest BCUT2D eigenvalue weighted by molar-refractivity contribution is 6.30. The Balaban J connectivity index is 1.23. The molecule has 1 aromatic heterocycles. The van der Waals surface area contributed by atoms with E-state index in [1.54, 1.807) is 80.7 Å². The van der Waals surface area contributed by atoms with Crippen LogP contribution in [0.2, 0.25) is 5.02 Å². The SMILES string of the molecule is CC(=O)N[C@H]1CC(=O)NCCC(=O)NCC[C@@H]2NC(=O)[C@H](CC(=O)NC[C@@H](C(=O)O)NC(=O)[C@@H]3CCCN3C(=O)[C@H](CCCNC(=N)N)NC(=O)[C@H](CC(C)C)NC(=O)[C@@H](Cc3ccc4ccccc4c3)NC2=O)NC(=O)[C@@H](Cc2c[nH]c3ccccc23)NC(=O)[C@@H](Cc2ccc(Cl)cc2)NC1=O. The lowest BCUT2D eigenvalue weighted by Gasteiger charge is -2.31. The van der Waals surface area contributed by atoms with Gasteiger partial charge in [-0.1, -0.05) is 98.2 Å². The molecule has 0 aliphatic carbocycles.